The summed E-state index contributed by atoms with van der Waals surface area (Å²) < 4.78 is 4.98. The van der Waals surface area contributed by atoms with Crippen molar-refractivity contribution in [3.05, 3.63) is 35.9 Å². The summed E-state index contributed by atoms with van der Waals surface area (Å²) in [5.41, 5.74) is 0.827. The number of aryl methyl sites for hydroxylation is 1. The molecule has 0 aliphatic rings. The Hall–Kier alpha value is -2.57. The lowest BCUT2D eigenvalue weighted by Gasteiger charge is -2.15. The molecule has 0 saturated carbocycles. The molecule has 0 radical (unpaired) electrons. The number of nitrogens with one attached hydrogen (secondary N) is 2. The van der Waals surface area contributed by atoms with Gasteiger partial charge in [0.15, 0.2) is 5.76 Å². The highest BCUT2D eigenvalue weighted by Gasteiger charge is 2.17. The fourth-order valence-electron chi connectivity index (χ4n) is 1.53. The van der Waals surface area contributed by atoms with Crippen molar-refractivity contribution in [3.8, 4) is 0 Å². The smallest absolute Gasteiger partial charge is 0.289 e. The third-order valence-corrected chi connectivity index (χ3v) is 2.55. The minimum Gasteiger partial charge on any atom is -0.459 e. The van der Waals surface area contributed by atoms with Crippen LogP contribution in [0, 0.1) is 6.92 Å². The number of furan rings is 1. The van der Waals surface area contributed by atoms with Crippen LogP contribution in [0.15, 0.2) is 29.0 Å². The van der Waals surface area contributed by atoms with E-state index in [0.717, 1.165) is 5.56 Å². The van der Waals surface area contributed by atoms with Crippen molar-refractivity contribution >= 4 is 17.6 Å². The van der Waals surface area contributed by atoms with Gasteiger partial charge in [0.25, 0.3) is 5.91 Å². The third kappa shape index (κ3) is 3.01. The number of anilines is 1. The summed E-state index contributed by atoms with van der Waals surface area (Å²) >= 11 is 0. The summed E-state index contributed by atoms with van der Waals surface area (Å²) in [5.74, 6) is 0.0770. The summed E-state index contributed by atoms with van der Waals surface area (Å²) in [6.07, 6.45) is 3.02. The Morgan fingerprint density at radius 3 is 2.89 bits per heavy atom. The topological polar surface area (TPSA) is 91.2 Å². The Morgan fingerprint density at radius 1 is 1.53 bits per heavy atom. The first-order valence-electron chi connectivity index (χ1n) is 5.66. The highest BCUT2D eigenvalue weighted by atomic mass is 16.3. The van der Waals surface area contributed by atoms with Gasteiger partial charge in [-0.3, -0.25) is 14.7 Å². The maximum absolute atomic E-state index is 11.8. The minimum absolute atomic E-state index is 0.0714. The first-order valence-corrected chi connectivity index (χ1v) is 5.66. The molecule has 2 amide bonds. The second kappa shape index (κ2) is 5.38. The summed E-state index contributed by atoms with van der Waals surface area (Å²) in [6, 6.07) is 3.17. The molecule has 2 heterocycles. The molecular weight excluding hydrogens is 248 g/mol. The van der Waals surface area contributed by atoms with Crippen LogP contribution in [0.5, 0.6) is 0 Å². The molecule has 7 nitrogen and oxygen atoms in total. The fraction of sp³-hybridized carbons (Fsp3) is 0.250. The minimum atomic E-state index is -0.346. The van der Waals surface area contributed by atoms with Gasteiger partial charge in [-0.15, -0.1) is 0 Å². The average Bonchev–Trinajstić information content (AvgIpc) is 3.01. The number of rotatable bonds is 4. The zero-order valence-electron chi connectivity index (χ0n) is 10.6. The predicted octanol–water partition coefficient (Wildman–Crippen LogP) is 1.02. The molecule has 0 saturated heterocycles. The second-order valence-corrected chi connectivity index (χ2v) is 4.11. The number of aromatic nitrogens is 2. The van der Waals surface area contributed by atoms with Gasteiger partial charge >= 0.3 is 0 Å². The van der Waals surface area contributed by atoms with Crippen molar-refractivity contribution in [3.63, 3.8) is 0 Å². The van der Waals surface area contributed by atoms with Crippen molar-refractivity contribution in [2.75, 3.05) is 18.9 Å². The van der Waals surface area contributed by atoms with Gasteiger partial charge in [0.1, 0.15) is 12.4 Å². The van der Waals surface area contributed by atoms with E-state index < -0.39 is 0 Å². The standard InChI is InChI=1S/C12H14N4O3/c1-8-6-13-15-11(8)14-10(17)7-16(2)12(18)9-4-3-5-19-9/h3-6H,7H2,1-2H3,(H2,13,14,15,17). The molecule has 0 aromatic carbocycles. The Morgan fingerprint density at radius 2 is 2.32 bits per heavy atom. The molecule has 7 heteroatoms. The first-order chi connectivity index (χ1) is 9.08. The van der Waals surface area contributed by atoms with Gasteiger partial charge in [-0.1, -0.05) is 0 Å². The van der Waals surface area contributed by atoms with Gasteiger partial charge < -0.3 is 14.6 Å². The molecule has 2 N–H and O–H groups in total. The maximum Gasteiger partial charge on any atom is 0.289 e. The molecule has 0 bridgehead atoms. The van der Waals surface area contributed by atoms with Gasteiger partial charge in [0.2, 0.25) is 5.91 Å². The largest absolute Gasteiger partial charge is 0.459 e. The molecule has 2 aromatic rings. The van der Waals surface area contributed by atoms with Gasteiger partial charge in [-0.25, -0.2) is 0 Å². The van der Waals surface area contributed by atoms with Crippen molar-refractivity contribution < 1.29 is 14.0 Å². The van der Waals surface area contributed by atoms with E-state index >= 15 is 0 Å². The molecule has 19 heavy (non-hydrogen) atoms. The molecule has 0 spiro atoms. The molecule has 2 aromatic heterocycles. The molecule has 0 fully saturated rings. The maximum atomic E-state index is 11.8. The zero-order chi connectivity index (χ0) is 13.8. The highest BCUT2D eigenvalue weighted by Crippen LogP contribution is 2.08. The molecule has 0 aliphatic carbocycles. The summed E-state index contributed by atoms with van der Waals surface area (Å²) in [6.45, 7) is 1.74. The van der Waals surface area contributed by atoms with Crippen molar-refractivity contribution in [2.24, 2.45) is 0 Å². The van der Waals surface area contributed by atoms with Crippen LogP contribution in [0.3, 0.4) is 0 Å². The lowest BCUT2D eigenvalue weighted by Crippen LogP contribution is -2.34. The SMILES string of the molecule is Cc1cn[nH]c1NC(=O)CN(C)C(=O)c1ccco1. The number of aromatic amines is 1. The van der Waals surface area contributed by atoms with E-state index in [-0.39, 0.29) is 24.1 Å². The summed E-state index contributed by atoms with van der Waals surface area (Å²) in [4.78, 5) is 24.9. The van der Waals surface area contributed by atoms with Crippen LogP contribution in [0.4, 0.5) is 5.82 Å². The number of hydrogen-bond donors (Lipinski definition) is 2. The van der Waals surface area contributed by atoms with Crippen LogP contribution >= 0.6 is 0 Å². The predicted molar refractivity (Wildman–Crippen MR) is 67.6 cm³/mol. The van der Waals surface area contributed by atoms with E-state index in [9.17, 15) is 9.59 Å². The van der Waals surface area contributed by atoms with E-state index in [1.807, 2.05) is 6.92 Å². The lowest BCUT2D eigenvalue weighted by atomic mass is 10.3. The quantitative estimate of drug-likeness (QED) is 0.860. The van der Waals surface area contributed by atoms with Gasteiger partial charge in [0.05, 0.1) is 12.5 Å². The van der Waals surface area contributed by atoms with Gasteiger partial charge in [0, 0.05) is 12.6 Å². The normalized spacial score (nSPS) is 10.2. The van der Waals surface area contributed by atoms with Gasteiger partial charge in [-0.2, -0.15) is 5.10 Å². The Kier molecular flexibility index (Phi) is 3.65. The number of nitrogens with zero attached hydrogens (tertiary/aromatic N) is 2. The Bertz CT molecular complexity index is 574. The molecule has 100 valence electrons. The number of hydrogen-bond acceptors (Lipinski definition) is 4. The molecule has 2 rings (SSSR count). The number of amides is 2. The van der Waals surface area contributed by atoms with Crippen LogP contribution in [0.1, 0.15) is 16.1 Å². The average molecular weight is 262 g/mol. The highest BCUT2D eigenvalue weighted by molar-refractivity contribution is 5.97. The van der Waals surface area contributed by atoms with Crippen molar-refractivity contribution in [2.45, 2.75) is 6.92 Å². The molecule has 0 unspecified atom stereocenters. The van der Waals surface area contributed by atoms with Gasteiger partial charge in [-0.05, 0) is 19.1 Å². The third-order valence-electron chi connectivity index (χ3n) is 2.55. The number of H-pyrrole nitrogens is 1. The van der Waals surface area contributed by atoms with E-state index in [2.05, 4.69) is 15.5 Å². The number of likely N-dealkylation sites (N-methyl/N-ethyl adjacent to an activating group) is 1. The second-order valence-electron chi connectivity index (χ2n) is 4.11. The lowest BCUT2D eigenvalue weighted by molar-refractivity contribution is -0.116. The van der Waals surface area contributed by atoms with Crippen molar-refractivity contribution in [1.29, 1.82) is 0 Å². The summed E-state index contributed by atoms with van der Waals surface area (Å²) in [7, 11) is 1.53. The summed E-state index contributed by atoms with van der Waals surface area (Å²) in [5, 5.41) is 9.10. The van der Waals surface area contributed by atoms with Crippen molar-refractivity contribution in [1.82, 2.24) is 15.1 Å². The Labute approximate surface area is 109 Å². The molecule has 0 atom stereocenters. The van der Waals surface area contributed by atoms with Crippen LogP contribution < -0.4 is 5.32 Å². The first kappa shape index (κ1) is 12.9. The van der Waals surface area contributed by atoms with E-state index in [1.54, 1.807) is 18.3 Å². The van der Waals surface area contributed by atoms with Crippen LogP contribution in [-0.2, 0) is 4.79 Å². The fourth-order valence-corrected chi connectivity index (χ4v) is 1.53. The van der Waals surface area contributed by atoms with E-state index in [4.69, 9.17) is 4.42 Å². The van der Waals surface area contributed by atoms with Crippen LogP contribution in [-0.4, -0.2) is 40.5 Å². The Balaban J connectivity index is 1.92. The number of carbonyl (C=O) groups excluding carboxylic acids is 2. The monoisotopic (exact) mass is 262 g/mol. The van der Waals surface area contributed by atoms with Crippen LogP contribution in [0.2, 0.25) is 0 Å². The van der Waals surface area contributed by atoms with E-state index in [0.29, 0.717) is 5.82 Å². The van der Waals surface area contributed by atoms with E-state index in [1.165, 1.54) is 18.2 Å². The van der Waals surface area contributed by atoms with Crippen LogP contribution in [0.25, 0.3) is 0 Å². The molecule has 0 aliphatic heterocycles. The number of carbonyl (C=O) groups is 2. The molecular formula is C12H14N4O3. The zero-order valence-corrected chi connectivity index (χ0v) is 10.6.